The minimum absolute atomic E-state index is 0.304. The Labute approximate surface area is 73.0 Å². The summed E-state index contributed by atoms with van der Waals surface area (Å²) < 4.78 is 0. The molecule has 0 amide bonds. The number of hydrogen-bond donors (Lipinski definition) is 1. The first-order valence-electron chi connectivity index (χ1n) is 4.96. The summed E-state index contributed by atoms with van der Waals surface area (Å²) in [5.41, 5.74) is -0.304. The number of fused-ring (bicyclic) bond motifs is 2. The monoisotopic (exact) mass is 168 g/mol. The van der Waals surface area contributed by atoms with Gasteiger partial charge in [-0.25, -0.2) is 0 Å². The van der Waals surface area contributed by atoms with Gasteiger partial charge in [0.05, 0.1) is 5.41 Å². The lowest BCUT2D eigenvalue weighted by Gasteiger charge is -2.22. The molecule has 2 atom stereocenters. The van der Waals surface area contributed by atoms with Gasteiger partial charge < -0.3 is 5.11 Å². The van der Waals surface area contributed by atoms with Crippen molar-refractivity contribution in [2.24, 2.45) is 11.3 Å². The molecule has 0 aromatic carbocycles. The van der Waals surface area contributed by atoms with Gasteiger partial charge in [-0.3, -0.25) is 4.79 Å². The highest BCUT2D eigenvalue weighted by Gasteiger charge is 2.45. The molecular weight excluding hydrogens is 152 g/mol. The quantitative estimate of drug-likeness (QED) is 0.653. The summed E-state index contributed by atoms with van der Waals surface area (Å²) >= 11 is 0. The smallest absolute Gasteiger partial charge is 0.309 e. The number of carboxylic acids is 1. The van der Waals surface area contributed by atoms with Gasteiger partial charge in [-0.15, -0.1) is 0 Å². The summed E-state index contributed by atoms with van der Waals surface area (Å²) in [4.78, 5) is 11.1. The zero-order chi connectivity index (χ0) is 8.60. The molecule has 0 saturated heterocycles. The minimum Gasteiger partial charge on any atom is -0.481 e. The maximum atomic E-state index is 11.1. The third-order valence-electron chi connectivity index (χ3n) is 3.68. The summed E-state index contributed by atoms with van der Waals surface area (Å²) in [6.07, 6.45) is 7.64. The fourth-order valence-electron chi connectivity index (χ4n) is 2.91. The van der Waals surface area contributed by atoms with Gasteiger partial charge in [0.2, 0.25) is 0 Å². The number of rotatable bonds is 1. The highest BCUT2D eigenvalue weighted by Crippen LogP contribution is 2.49. The van der Waals surface area contributed by atoms with Crippen molar-refractivity contribution in [2.75, 3.05) is 0 Å². The van der Waals surface area contributed by atoms with Crippen LogP contribution in [0.1, 0.15) is 44.9 Å². The number of carboxylic acid groups (broad SMARTS) is 1. The van der Waals surface area contributed by atoms with Gasteiger partial charge in [0.25, 0.3) is 0 Å². The van der Waals surface area contributed by atoms with Gasteiger partial charge in [0, 0.05) is 0 Å². The van der Waals surface area contributed by atoms with Crippen molar-refractivity contribution in [2.45, 2.75) is 44.9 Å². The second-order valence-corrected chi connectivity index (χ2v) is 4.44. The van der Waals surface area contributed by atoms with Crippen molar-refractivity contribution in [3.8, 4) is 0 Å². The van der Waals surface area contributed by atoms with Gasteiger partial charge in [0.15, 0.2) is 0 Å². The van der Waals surface area contributed by atoms with Gasteiger partial charge >= 0.3 is 5.97 Å². The molecule has 2 nitrogen and oxygen atoms in total. The lowest BCUT2D eigenvalue weighted by atomic mass is 9.82. The molecule has 0 aliphatic heterocycles. The fraction of sp³-hybridized carbons (Fsp3) is 0.900. The molecule has 0 unspecified atom stereocenters. The Balaban J connectivity index is 2.18. The van der Waals surface area contributed by atoms with Crippen molar-refractivity contribution in [3.63, 3.8) is 0 Å². The topological polar surface area (TPSA) is 37.3 Å². The molecule has 68 valence electrons. The summed E-state index contributed by atoms with van der Waals surface area (Å²) in [6.45, 7) is 0. The van der Waals surface area contributed by atoms with E-state index in [1.54, 1.807) is 0 Å². The van der Waals surface area contributed by atoms with Crippen molar-refractivity contribution >= 4 is 5.97 Å². The highest BCUT2D eigenvalue weighted by atomic mass is 16.4. The molecule has 0 spiro atoms. The van der Waals surface area contributed by atoms with Crippen LogP contribution in [-0.4, -0.2) is 11.1 Å². The van der Waals surface area contributed by atoms with Crippen LogP contribution < -0.4 is 0 Å². The average molecular weight is 168 g/mol. The second kappa shape index (κ2) is 2.75. The molecule has 0 aromatic rings. The van der Waals surface area contributed by atoms with Crippen LogP contribution in [0.15, 0.2) is 0 Å². The molecule has 2 bridgehead atoms. The van der Waals surface area contributed by atoms with Crippen LogP contribution in [0.3, 0.4) is 0 Å². The summed E-state index contributed by atoms with van der Waals surface area (Å²) in [5, 5.41) is 9.14. The third kappa shape index (κ3) is 1.13. The summed E-state index contributed by atoms with van der Waals surface area (Å²) in [6, 6.07) is 0. The predicted octanol–water partition coefficient (Wildman–Crippen LogP) is 2.43. The van der Waals surface area contributed by atoms with Gasteiger partial charge in [-0.2, -0.15) is 0 Å². The molecule has 0 radical (unpaired) electrons. The molecule has 1 N–H and O–H groups in total. The Kier molecular flexibility index (Phi) is 1.85. The van der Waals surface area contributed by atoms with E-state index in [0.717, 1.165) is 38.0 Å². The largest absolute Gasteiger partial charge is 0.481 e. The second-order valence-electron chi connectivity index (χ2n) is 4.44. The van der Waals surface area contributed by atoms with Crippen LogP contribution >= 0.6 is 0 Å². The Bertz CT molecular complexity index is 200. The van der Waals surface area contributed by atoms with E-state index in [4.69, 9.17) is 5.11 Å². The van der Waals surface area contributed by atoms with E-state index < -0.39 is 5.97 Å². The van der Waals surface area contributed by atoms with E-state index in [1.165, 1.54) is 12.8 Å². The number of hydrogen-bond acceptors (Lipinski definition) is 1. The SMILES string of the molecule is O=C(O)[C@]12CCCC[C@H](CC1)C2. The molecule has 2 aliphatic carbocycles. The first kappa shape index (κ1) is 8.09. The van der Waals surface area contributed by atoms with Crippen molar-refractivity contribution in [1.82, 2.24) is 0 Å². The first-order chi connectivity index (χ1) is 5.73. The van der Waals surface area contributed by atoms with E-state index in [0.29, 0.717) is 0 Å². The fourth-order valence-corrected chi connectivity index (χ4v) is 2.91. The summed E-state index contributed by atoms with van der Waals surface area (Å²) in [5.74, 6) is 0.190. The third-order valence-corrected chi connectivity index (χ3v) is 3.68. The standard InChI is InChI=1S/C10H16O2/c11-9(12)10-5-2-1-3-8(7-10)4-6-10/h8H,1-7H2,(H,11,12)/t8-,10-/m1/s1. The van der Waals surface area contributed by atoms with Gasteiger partial charge in [-0.1, -0.05) is 19.3 Å². The zero-order valence-corrected chi connectivity index (χ0v) is 7.38. The first-order valence-corrected chi connectivity index (χ1v) is 4.96. The summed E-state index contributed by atoms with van der Waals surface area (Å²) in [7, 11) is 0. The molecule has 2 saturated carbocycles. The molecule has 2 heteroatoms. The average Bonchev–Trinajstić information content (AvgIpc) is 2.27. The van der Waals surface area contributed by atoms with Gasteiger partial charge in [0.1, 0.15) is 0 Å². The van der Waals surface area contributed by atoms with Crippen molar-refractivity contribution in [3.05, 3.63) is 0 Å². The molecule has 2 aliphatic rings. The molecule has 0 heterocycles. The van der Waals surface area contributed by atoms with Crippen LogP contribution in [-0.2, 0) is 4.79 Å². The van der Waals surface area contributed by atoms with Crippen LogP contribution in [0.25, 0.3) is 0 Å². The molecular formula is C10H16O2. The Morgan fingerprint density at radius 2 is 2.08 bits per heavy atom. The van der Waals surface area contributed by atoms with E-state index >= 15 is 0 Å². The normalized spacial score (nSPS) is 40.8. The Hall–Kier alpha value is -0.530. The lowest BCUT2D eigenvalue weighted by molar-refractivity contribution is -0.149. The molecule has 12 heavy (non-hydrogen) atoms. The van der Waals surface area contributed by atoms with Crippen molar-refractivity contribution < 1.29 is 9.90 Å². The predicted molar refractivity (Wildman–Crippen MR) is 45.9 cm³/mol. The number of aliphatic carboxylic acids is 1. The van der Waals surface area contributed by atoms with E-state index in [2.05, 4.69) is 0 Å². The Morgan fingerprint density at radius 3 is 2.83 bits per heavy atom. The van der Waals surface area contributed by atoms with E-state index in [-0.39, 0.29) is 5.41 Å². The van der Waals surface area contributed by atoms with Crippen LogP contribution in [0.5, 0.6) is 0 Å². The maximum absolute atomic E-state index is 11.1. The van der Waals surface area contributed by atoms with E-state index in [9.17, 15) is 4.79 Å². The van der Waals surface area contributed by atoms with Crippen LogP contribution in [0.4, 0.5) is 0 Å². The minimum atomic E-state index is -0.535. The van der Waals surface area contributed by atoms with E-state index in [1.807, 2.05) is 0 Å². The zero-order valence-electron chi connectivity index (χ0n) is 7.38. The molecule has 0 aromatic heterocycles. The van der Waals surface area contributed by atoms with Crippen molar-refractivity contribution in [1.29, 1.82) is 0 Å². The van der Waals surface area contributed by atoms with Gasteiger partial charge in [-0.05, 0) is 31.6 Å². The number of carbonyl (C=O) groups is 1. The maximum Gasteiger partial charge on any atom is 0.309 e. The van der Waals surface area contributed by atoms with Crippen LogP contribution in [0.2, 0.25) is 0 Å². The molecule has 2 fully saturated rings. The Morgan fingerprint density at radius 1 is 1.25 bits per heavy atom. The lowest BCUT2D eigenvalue weighted by Crippen LogP contribution is -2.27. The van der Waals surface area contributed by atoms with Crippen LogP contribution in [0, 0.1) is 11.3 Å². The highest BCUT2D eigenvalue weighted by molar-refractivity contribution is 5.75. The molecule has 2 rings (SSSR count).